The Morgan fingerprint density at radius 1 is 0.868 bits per heavy atom. The van der Waals surface area contributed by atoms with Crippen LogP contribution in [0.15, 0.2) is 53.3 Å². The van der Waals surface area contributed by atoms with E-state index < -0.39 is 17.2 Å². The second-order valence-corrected chi connectivity index (χ2v) is 12.4. The Balaban J connectivity index is 1.56. The number of H-pyrrole nitrogens is 1. The highest BCUT2D eigenvalue weighted by atomic mass is 16.6. The average molecular weight is 523 g/mol. The van der Waals surface area contributed by atoms with Crippen molar-refractivity contribution in [2.45, 2.75) is 97.8 Å². The van der Waals surface area contributed by atoms with Gasteiger partial charge in [-0.2, -0.15) is 0 Å². The van der Waals surface area contributed by atoms with Crippen LogP contribution < -0.4 is 10.4 Å². The predicted octanol–water partition coefficient (Wildman–Crippen LogP) is 5.90. The van der Waals surface area contributed by atoms with E-state index in [1.54, 1.807) is 13.8 Å². The molecule has 3 aromatic rings. The largest absolute Gasteiger partial charge is 0.493 e. The molecular formula is C31H42N2O5. The third-order valence-electron chi connectivity index (χ3n) is 6.27. The first-order valence-electron chi connectivity index (χ1n) is 13.2. The second-order valence-electron chi connectivity index (χ2n) is 12.4. The van der Waals surface area contributed by atoms with Gasteiger partial charge in [-0.3, -0.25) is 4.57 Å². The number of hydrogen-bond donors (Lipinski definition) is 2. The number of aromatic amines is 1. The summed E-state index contributed by atoms with van der Waals surface area (Å²) in [6.45, 7) is 15.6. The normalized spacial score (nSPS) is 12.4. The fraction of sp³-hybridized carbons (Fsp3) is 0.484. The zero-order chi connectivity index (χ0) is 28.3. The summed E-state index contributed by atoms with van der Waals surface area (Å²) in [5.74, 6) is 0.152. The van der Waals surface area contributed by atoms with Crippen LogP contribution in [0.3, 0.4) is 0 Å². The highest BCUT2D eigenvalue weighted by Crippen LogP contribution is 2.25. The van der Waals surface area contributed by atoms with Gasteiger partial charge in [-0.1, -0.05) is 57.2 Å². The number of rotatable bonds is 9. The number of hydrogen-bond acceptors (Lipinski definition) is 5. The summed E-state index contributed by atoms with van der Waals surface area (Å²) < 4.78 is 12.7. The third-order valence-corrected chi connectivity index (χ3v) is 6.27. The Hall–Kier alpha value is -3.48. The van der Waals surface area contributed by atoms with Crippen LogP contribution in [0.5, 0.6) is 11.6 Å². The summed E-state index contributed by atoms with van der Waals surface area (Å²) in [6.07, 6.45) is 2.05. The van der Waals surface area contributed by atoms with Gasteiger partial charge in [-0.15, -0.1) is 0 Å². The summed E-state index contributed by atoms with van der Waals surface area (Å²) in [6, 6.07) is 15.7. The maximum Gasteiger partial charge on any atom is 0.350 e. The number of aromatic nitrogens is 2. The third kappa shape index (κ3) is 7.76. The highest BCUT2D eigenvalue weighted by Gasteiger charge is 2.34. The molecule has 3 rings (SSSR count). The summed E-state index contributed by atoms with van der Waals surface area (Å²) in [5.41, 5.74) is 1.86. The van der Waals surface area contributed by atoms with Crippen LogP contribution >= 0.6 is 0 Å². The minimum absolute atomic E-state index is 0.0111. The molecule has 1 aromatic heterocycles. The van der Waals surface area contributed by atoms with E-state index in [4.69, 9.17) is 9.47 Å². The fourth-order valence-electron chi connectivity index (χ4n) is 4.06. The van der Waals surface area contributed by atoms with Crippen molar-refractivity contribution in [2.24, 2.45) is 0 Å². The van der Waals surface area contributed by atoms with E-state index in [9.17, 15) is 14.7 Å². The lowest BCUT2D eigenvalue weighted by molar-refractivity contribution is -0.170. The molecule has 0 saturated carbocycles. The van der Waals surface area contributed by atoms with Crippen LogP contribution in [0.1, 0.15) is 84.2 Å². The summed E-state index contributed by atoms with van der Waals surface area (Å²) in [4.78, 5) is 27.7. The first-order chi connectivity index (χ1) is 17.5. The number of ether oxygens (including phenoxy) is 2. The molecule has 0 bridgehead atoms. The number of imidazole rings is 1. The molecule has 2 N–H and O–H groups in total. The van der Waals surface area contributed by atoms with Crippen LogP contribution in [-0.2, 0) is 34.3 Å². The number of carbonyl (C=O) groups excluding carboxylic acids is 1. The van der Waals surface area contributed by atoms with Crippen LogP contribution in [0.2, 0.25) is 0 Å². The predicted molar refractivity (Wildman–Crippen MR) is 150 cm³/mol. The average Bonchev–Trinajstić information content (AvgIpc) is 3.06. The molecule has 7 nitrogen and oxygen atoms in total. The van der Waals surface area contributed by atoms with Gasteiger partial charge in [0.15, 0.2) is 5.60 Å². The number of nitrogens with one attached hydrogen (secondary N) is 1. The smallest absolute Gasteiger partial charge is 0.350 e. The van der Waals surface area contributed by atoms with Crippen molar-refractivity contribution < 1.29 is 19.4 Å². The van der Waals surface area contributed by atoms with Gasteiger partial charge < -0.3 is 19.6 Å². The van der Waals surface area contributed by atoms with Gasteiger partial charge in [0.05, 0.1) is 12.2 Å². The molecule has 206 valence electrons. The molecule has 0 saturated heterocycles. The molecule has 0 spiro atoms. The Morgan fingerprint density at radius 2 is 1.45 bits per heavy atom. The number of aromatic hydroxyl groups is 1. The van der Waals surface area contributed by atoms with Crippen molar-refractivity contribution in [3.63, 3.8) is 0 Å². The highest BCUT2D eigenvalue weighted by molar-refractivity contribution is 5.79. The summed E-state index contributed by atoms with van der Waals surface area (Å²) in [7, 11) is 0. The van der Waals surface area contributed by atoms with E-state index in [0.717, 1.165) is 24.0 Å². The molecule has 0 aliphatic carbocycles. The first-order valence-corrected chi connectivity index (χ1v) is 13.2. The Morgan fingerprint density at radius 3 is 2.00 bits per heavy atom. The van der Waals surface area contributed by atoms with E-state index in [2.05, 4.69) is 37.9 Å². The van der Waals surface area contributed by atoms with Crippen LogP contribution in [0.25, 0.3) is 0 Å². The van der Waals surface area contributed by atoms with Gasteiger partial charge in [0.25, 0.3) is 0 Å². The van der Waals surface area contributed by atoms with Crippen LogP contribution in [0.4, 0.5) is 0 Å². The van der Waals surface area contributed by atoms with Gasteiger partial charge >= 0.3 is 11.7 Å². The van der Waals surface area contributed by atoms with E-state index in [0.29, 0.717) is 24.4 Å². The van der Waals surface area contributed by atoms with Crippen molar-refractivity contribution in [3.05, 3.63) is 81.4 Å². The molecule has 1 heterocycles. The molecule has 0 atom stereocenters. The lowest BCUT2D eigenvalue weighted by atomic mass is 9.87. The lowest BCUT2D eigenvalue weighted by Crippen LogP contribution is -2.43. The van der Waals surface area contributed by atoms with Crippen molar-refractivity contribution in [1.29, 1.82) is 0 Å². The second kappa shape index (κ2) is 11.1. The molecule has 0 fully saturated rings. The molecule has 0 unspecified atom stereocenters. The molecule has 38 heavy (non-hydrogen) atoms. The van der Waals surface area contributed by atoms with Gasteiger partial charge in [0.1, 0.15) is 11.4 Å². The summed E-state index contributed by atoms with van der Waals surface area (Å²) in [5, 5.41) is 10.7. The SMILES string of the molecule is CC(C)(C)OC(=O)C(C)(C)Oc1ccc(CCCc2[nH]c(=O)n(Cc3ccc(C(C)(C)C)cc3)c2O)cc1. The summed E-state index contributed by atoms with van der Waals surface area (Å²) >= 11 is 0. The molecule has 0 amide bonds. The van der Waals surface area contributed by atoms with Crippen molar-refractivity contribution in [1.82, 2.24) is 9.55 Å². The zero-order valence-corrected chi connectivity index (χ0v) is 24.0. The van der Waals surface area contributed by atoms with Gasteiger partial charge in [0.2, 0.25) is 5.88 Å². The van der Waals surface area contributed by atoms with E-state index in [-0.39, 0.29) is 17.0 Å². The fourth-order valence-corrected chi connectivity index (χ4v) is 4.06. The minimum atomic E-state index is -1.11. The number of carbonyl (C=O) groups is 1. The molecule has 7 heteroatoms. The molecular weight excluding hydrogens is 480 g/mol. The number of benzene rings is 2. The van der Waals surface area contributed by atoms with E-state index >= 15 is 0 Å². The molecule has 0 aliphatic heterocycles. The maximum atomic E-state index is 12.5. The number of aryl methyl sites for hydroxylation is 2. The number of nitrogens with zero attached hydrogens (tertiary/aromatic N) is 1. The standard InChI is InChI=1S/C31H42N2O5/c1-29(2,3)23-16-12-22(13-17-23)20-33-26(34)25(32-28(33)36)11-9-10-21-14-18-24(19-15-21)37-31(7,8)27(35)38-30(4,5)6/h12-19,34H,9-11,20H2,1-8H3,(H,32,36). The van der Waals surface area contributed by atoms with Gasteiger partial charge in [-0.05, 0) is 88.1 Å². The Labute approximate surface area is 225 Å². The molecule has 2 aromatic carbocycles. The van der Waals surface area contributed by atoms with Crippen molar-refractivity contribution in [3.8, 4) is 11.6 Å². The zero-order valence-electron chi connectivity index (χ0n) is 24.0. The van der Waals surface area contributed by atoms with Crippen molar-refractivity contribution in [2.75, 3.05) is 0 Å². The topological polar surface area (TPSA) is 93.5 Å². The van der Waals surface area contributed by atoms with Crippen molar-refractivity contribution >= 4 is 5.97 Å². The first kappa shape index (κ1) is 29.1. The quantitative estimate of drug-likeness (QED) is 0.341. The lowest BCUT2D eigenvalue weighted by Gasteiger charge is -2.29. The Kier molecular flexibility index (Phi) is 8.49. The number of esters is 1. The van der Waals surface area contributed by atoms with Crippen LogP contribution in [0, 0.1) is 0 Å². The van der Waals surface area contributed by atoms with E-state index in [1.807, 2.05) is 57.2 Å². The molecule has 0 radical (unpaired) electrons. The minimum Gasteiger partial charge on any atom is -0.493 e. The monoisotopic (exact) mass is 522 g/mol. The van der Waals surface area contributed by atoms with E-state index in [1.165, 1.54) is 10.1 Å². The van der Waals surface area contributed by atoms with Crippen LogP contribution in [-0.4, -0.2) is 31.8 Å². The Bertz CT molecular complexity index is 1280. The maximum absolute atomic E-state index is 12.5. The molecule has 0 aliphatic rings. The van der Waals surface area contributed by atoms with Gasteiger partial charge in [-0.25, -0.2) is 9.59 Å². The van der Waals surface area contributed by atoms with Gasteiger partial charge in [0, 0.05) is 0 Å².